The molecule has 0 bridgehead atoms. The van der Waals surface area contributed by atoms with Crippen LogP contribution in [0.25, 0.3) is 0 Å². The molecule has 1 aliphatic heterocycles. The standard InChI is InChI=1S/C17H16FNO2/c18-15-7-6-13-9-16(17(20)21)19(11-14(13)8-15)10-12-4-2-1-3-5-12/h1-8,16H,9-11H2,(H,20,21)/t16-/m0/s1. The van der Waals surface area contributed by atoms with Gasteiger partial charge in [0.25, 0.3) is 0 Å². The second-order valence-corrected chi connectivity index (χ2v) is 5.36. The van der Waals surface area contributed by atoms with E-state index < -0.39 is 12.0 Å². The first-order valence-electron chi connectivity index (χ1n) is 6.91. The predicted molar refractivity (Wildman–Crippen MR) is 77.2 cm³/mol. The summed E-state index contributed by atoms with van der Waals surface area (Å²) in [6.07, 6.45) is 0.414. The highest BCUT2D eigenvalue weighted by Gasteiger charge is 2.31. The summed E-state index contributed by atoms with van der Waals surface area (Å²) < 4.78 is 13.4. The van der Waals surface area contributed by atoms with Gasteiger partial charge in [-0.25, -0.2) is 4.39 Å². The number of fused-ring (bicyclic) bond motifs is 1. The minimum Gasteiger partial charge on any atom is -0.480 e. The molecule has 0 fully saturated rings. The van der Waals surface area contributed by atoms with Crippen LogP contribution in [0, 0.1) is 5.82 Å². The molecule has 0 saturated heterocycles. The van der Waals surface area contributed by atoms with E-state index in [4.69, 9.17) is 0 Å². The first-order valence-corrected chi connectivity index (χ1v) is 6.91. The van der Waals surface area contributed by atoms with Crippen molar-refractivity contribution in [3.05, 3.63) is 71.0 Å². The average Bonchev–Trinajstić information content (AvgIpc) is 2.47. The molecule has 3 nitrogen and oxygen atoms in total. The van der Waals surface area contributed by atoms with Gasteiger partial charge in [-0.2, -0.15) is 0 Å². The number of carboxylic acid groups (broad SMARTS) is 1. The maximum absolute atomic E-state index is 13.4. The minimum absolute atomic E-state index is 0.276. The van der Waals surface area contributed by atoms with Crippen molar-refractivity contribution in [2.24, 2.45) is 0 Å². The van der Waals surface area contributed by atoms with Gasteiger partial charge in [-0.1, -0.05) is 36.4 Å². The summed E-state index contributed by atoms with van der Waals surface area (Å²) in [4.78, 5) is 13.4. The normalized spacial score (nSPS) is 18.2. The highest BCUT2D eigenvalue weighted by atomic mass is 19.1. The maximum Gasteiger partial charge on any atom is 0.321 e. The smallest absolute Gasteiger partial charge is 0.321 e. The summed E-state index contributed by atoms with van der Waals surface area (Å²) in [6.45, 7) is 1.01. The fourth-order valence-corrected chi connectivity index (χ4v) is 2.83. The molecule has 21 heavy (non-hydrogen) atoms. The summed E-state index contributed by atoms with van der Waals surface area (Å²) in [5.74, 6) is -1.11. The second kappa shape index (κ2) is 5.66. The topological polar surface area (TPSA) is 40.5 Å². The molecule has 0 aromatic heterocycles. The highest BCUT2D eigenvalue weighted by molar-refractivity contribution is 5.74. The third kappa shape index (κ3) is 2.95. The van der Waals surface area contributed by atoms with E-state index in [1.165, 1.54) is 12.1 Å². The Labute approximate surface area is 122 Å². The number of hydrogen-bond donors (Lipinski definition) is 1. The molecule has 108 valence electrons. The molecule has 0 amide bonds. The van der Waals surface area contributed by atoms with Crippen molar-refractivity contribution in [1.29, 1.82) is 0 Å². The first-order chi connectivity index (χ1) is 10.1. The fourth-order valence-electron chi connectivity index (χ4n) is 2.83. The van der Waals surface area contributed by atoms with E-state index in [2.05, 4.69) is 0 Å². The molecule has 3 rings (SSSR count). The molecule has 2 aromatic carbocycles. The lowest BCUT2D eigenvalue weighted by molar-refractivity contribution is -0.144. The van der Waals surface area contributed by atoms with Gasteiger partial charge in [0, 0.05) is 13.1 Å². The van der Waals surface area contributed by atoms with Crippen molar-refractivity contribution in [3.63, 3.8) is 0 Å². The number of carboxylic acids is 1. The molecule has 0 aliphatic carbocycles. The van der Waals surface area contributed by atoms with Crippen LogP contribution in [0.1, 0.15) is 16.7 Å². The molecule has 1 atom stereocenters. The lowest BCUT2D eigenvalue weighted by Gasteiger charge is -2.34. The van der Waals surface area contributed by atoms with Crippen LogP contribution in [0.4, 0.5) is 4.39 Å². The highest BCUT2D eigenvalue weighted by Crippen LogP contribution is 2.26. The molecule has 1 heterocycles. The minimum atomic E-state index is -0.832. The van der Waals surface area contributed by atoms with Gasteiger partial charge in [-0.05, 0) is 35.2 Å². The molecular formula is C17H16FNO2. The van der Waals surface area contributed by atoms with E-state index >= 15 is 0 Å². The van der Waals surface area contributed by atoms with Crippen LogP contribution in [0.15, 0.2) is 48.5 Å². The Morgan fingerprint density at radius 2 is 1.95 bits per heavy atom. The van der Waals surface area contributed by atoms with E-state index in [0.717, 1.165) is 16.7 Å². The summed E-state index contributed by atoms with van der Waals surface area (Å²) in [7, 11) is 0. The summed E-state index contributed by atoms with van der Waals surface area (Å²) >= 11 is 0. The third-order valence-corrected chi connectivity index (χ3v) is 3.91. The predicted octanol–water partition coefficient (Wildman–Crippen LogP) is 2.84. The molecule has 0 radical (unpaired) electrons. The Kier molecular flexibility index (Phi) is 3.71. The Morgan fingerprint density at radius 3 is 2.67 bits per heavy atom. The van der Waals surface area contributed by atoms with Crippen molar-refractivity contribution in [2.75, 3.05) is 0 Å². The molecule has 0 spiro atoms. The van der Waals surface area contributed by atoms with Gasteiger partial charge in [0.15, 0.2) is 0 Å². The van der Waals surface area contributed by atoms with Crippen LogP contribution in [0.2, 0.25) is 0 Å². The summed E-state index contributed by atoms with van der Waals surface area (Å²) in [5.41, 5.74) is 2.86. The Bertz CT molecular complexity index is 657. The summed E-state index contributed by atoms with van der Waals surface area (Å²) in [6, 6.07) is 13.8. The van der Waals surface area contributed by atoms with Gasteiger partial charge >= 0.3 is 5.97 Å². The zero-order valence-electron chi connectivity index (χ0n) is 11.5. The van der Waals surface area contributed by atoms with E-state index in [9.17, 15) is 14.3 Å². The van der Waals surface area contributed by atoms with Gasteiger partial charge < -0.3 is 5.11 Å². The fraction of sp³-hybridized carbons (Fsp3) is 0.235. The van der Waals surface area contributed by atoms with Crippen molar-refractivity contribution >= 4 is 5.97 Å². The van der Waals surface area contributed by atoms with Crippen LogP contribution in [-0.2, 0) is 24.3 Å². The van der Waals surface area contributed by atoms with Gasteiger partial charge in [-0.15, -0.1) is 0 Å². The number of carbonyl (C=O) groups is 1. The molecule has 0 saturated carbocycles. The van der Waals surface area contributed by atoms with E-state index in [-0.39, 0.29) is 5.82 Å². The second-order valence-electron chi connectivity index (χ2n) is 5.36. The quantitative estimate of drug-likeness (QED) is 0.942. The van der Waals surface area contributed by atoms with Crippen molar-refractivity contribution < 1.29 is 14.3 Å². The van der Waals surface area contributed by atoms with Gasteiger partial charge in [0.1, 0.15) is 11.9 Å². The van der Waals surface area contributed by atoms with E-state index in [0.29, 0.717) is 19.5 Å². The van der Waals surface area contributed by atoms with E-state index in [1.54, 1.807) is 6.07 Å². The number of hydrogen-bond acceptors (Lipinski definition) is 2. The molecule has 1 aliphatic rings. The third-order valence-electron chi connectivity index (χ3n) is 3.91. The SMILES string of the molecule is O=C(O)[C@@H]1Cc2ccc(F)cc2CN1Cc1ccccc1. The Balaban J connectivity index is 1.89. The zero-order chi connectivity index (χ0) is 14.8. The van der Waals surface area contributed by atoms with Gasteiger partial charge in [-0.3, -0.25) is 9.69 Å². The summed E-state index contributed by atoms with van der Waals surface area (Å²) in [5, 5.41) is 9.45. The molecule has 4 heteroatoms. The Hall–Kier alpha value is -2.20. The first kappa shape index (κ1) is 13.8. The average molecular weight is 285 g/mol. The Morgan fingerprint density at radius 1 is 1.19 bits per heavy atom. The van der Waals surface area contributed by atoms with Gasteiger partial charge in [0.2, 0.25) is 0 Å². The molecule has 0 unspecified atom stereocenters. The van der Waals surface area contributed by atoms with Crippen LogP contribution in [0.3, 0.4) is 0 Å². The van der Waals surface area contributed by atoms with Crippen LogP contribution >= 0.6 is 0 Å². The monoisotopic (exact) mass is 285 g/mol. The number of halogens is 1. The lowest BCUT2D eigenvalue weighted by Crippen LogP contribution is -2.45. The number of rotatable bonds is 3. The van der Waals surface area contributed by atoms with Crippen molar-refractivity contribution in [2.45, 2.75) is 25.6 Å². The maximum atomic E-state index is 13.4. The number of aliphatic carboxylic acids is 1. The van der Waals surface area contributed by atoms with Crippen molar-refractivity contribution in [1.82, 2.24) is 4.90 Å². The molecular weight excluding hydrogens is 269 g/mol. The number of benzene rings is 2. The lowest BCUT2D eigenvalue weighted by atomic mass is 9.93. The van der Waals surface area contributed by atoms with Crippen LogP contribution < -0.4 is 0 Å². The van der Waals surface area contributed by atoms with Crippen molar-refractivity contribution in [3.8, 4) is 0 Å². The van der Waals surface area contributed by atoms with Gasteiger partial charge in [0.05, 0.1) is 0 Å². The van der Waals surface area contributed by atoms with Crippen LogP contribution in [-0.4, -0.2) is 22.0 Å². The number of nitrogens with zero attached hydrogens (tertiary/aromatic N) is 1. The van der Waals surface area contributed by atoms with Crippen LogP contribution in [0.5, 0.6) is 0 Å². The molecule has 1 N–H and O–H groups in total. The molecule has 2 aromatic rings. The largest absolute Gasteiger partial charge is 0.480 e. The zero-order valence-corrected chi connectivity index (χ0v) is 11.5. The van der Waals surface area contributed by atoms with E-state index in [1.807, 2.05) is 35.2 Å².